The number of nitrogens with zero attached hydrogens (tertiary/aromatic N) is 5. The number of ether oxygens (including phenoxy) is 3. The highest BCUT2D eigenvalue weighted by molar-refractivity contribution is 6.07. The van der Waals surface area contributed by atoms with Gasteiger partial charge in [-0.3, -0.25) is 29.1 Å². The van der Waals surface area contributed by atoms with Crippen LogP contribution in [0.2, 0.25) is 0 Å². The van der Waals surface area contributed by atoms with Crippen molar-refractivity contribution < 1.29 is 33.4 Å². The van der Waals surface area contributed by atoms with E-state index in [0.717, 1.165) is 48.0 Å². The molecule has 328 valence electrons. The number of aromatic nitrogens is 3. The number of benzene rings is 2. The highest BCUT2D eigenvalue weighted by Crippen LogP contribution is 2.31. The Morgan fingerprint density at radius 1 is 0.806 bits per heavy atom. The van der Waals surface area contributed by atoms with E-state index in [4.69, 9.17) is 14.2 Å². The zero-order chi connectivity index (χ0) is 44.7. The molecule has 0 bridgehead atoms. The van der Waals surface area contributed by atoms with Crippen molar-refractivity contribution in [2.24, 2.45) is 0 Å². The molecule has 3 aromatic heterocycles. The molecule has 2 aliphatic rings. The van der Waals surface area contributed by atoms with Gasteiger partial charge in [-0.1, -0.05) is 24.3 Å². The van der Waals surface area contributed by atoms with E-state index in [-0.39, 0.29) is 41.6 Å². The molecule has 5 heterocycles. The highest BCUT2D eigenvalue weighted by Gasteiger charge is 2.32. The SMILES string of the molecule is CNC(=O)c1cc(=O)n(CC=O)c2cc(C)ccc12.CNC(=O)c1cc(=O)n(CCN2CCC(N(Cc3cc4c(cn3)OCCO4)C(=O)OC(C)(C)C)CC2)c2cc(C)ccc12. The lowest BCUT2D eigenvalue weighted by Gasteiger charge is -2.39. The molecule has 1 saturated heterocycles. The van der Waals surface area contributed by atoms with Gasteiger partial charge in [0.15, 0.2) is 11.5 Å². The fourth-order valence-corrected chi connectivity index (χ4v) is 7.73. The second-order valence-corrected chi connectivity index (χ2v) is 16.4. The second kappa shape index (κ2) is 19.4. The quantitative estimate of drug-likeness (QED) is 0.187. The number of piperidine rings is 1. The van der Waals surface area contributed by atoms with E-state index in [1.54, 1.807) is 34.8 Å². The first-order valence-corrected chi connectivity index (χ1v) is 20.7. The van der Waals surface area contributed by atoms with Crippen LogP contribution in [-0.2, 0) is 29.2 Å². The lowest BCUT2D eigenvalue weighted by Crippen LogP contribution is -2.49. The number of amides is 3. The number of likely N-dealkylation sites (tertiary alicyclic amines) is 1. The third-order valence-electron chi connectivity index (χ3n) is 10.8. The Hall–Kier alpha value is -6.55. The maximum atomic E-state index is 13.4. The Balaban J connectivity index is 0.000000281. The van der Waals surface area contributed by atoms with Gasteiger partial charge in [-0.25, -0.2) is 4.79 Å². The summed E-state index contributed by atoms with van der Waals surface area (Å²) >= 11 is 0. The summed E-state index contributed by atoms with van der Waals surface area (Å²) in [7, 11) is 3.08. The van der Waals surface area contributed by atoms with Crippen molar-refractivity contribution >= 4 is 46.0 Å². The van der Waals surface area contributed by atoms with Crippen molar-refractivity contribution in [3.63, 3.8) is 0 Å². The van der Waals surface area contributed by atoms with Gasteiger partial charge in [0.1, 0.15) is 25.1 Å². The van der Waals surface area contributed by atoms with E-state index in [1.807, 2.05) is 65.0 Å². The van der Waals surface area contributed by atoms with Gasteiger partial charge in [0.05, 0.1) is 47.1 Å². The number of hydrogen-bond donors (Lipinski definition) is 2. The van der Waals surface area contributed by atoms with Crippen molar-refractivity contribution in [1.29, 1.82) is 0 Å². The molecule has 3 amide bonds. The lowest BCUT2D eigenvalue weighted by molar-refractivity contribution is -0.108. The summed E-state index contributed by atoms with van der Waals surface area (Å²) in [5.74, 6) is 0.652. The van der Waals surface area contributed by atoms with Crippen molar-refractivity contribution in [3.05, 3.63) is 109 Å². The van der Waals surface area contributed by atoms with Gasteiger partial charge in [0.2, 0.25) is 0 Å². The van der Waals surface area contributed by atoms with Gasteiger partial charge < -0.3 is 43.7 Å². The second-order valence-electron chi connectivity index (χ2n) is 16.4. The Kier molecular flexibility index (Phi) is 14.1. The summed E-state index contributed by atoms with van der Waals surface area (Å²) in [6.07, 6.45) is 3.46. The molecule has 16 nitrogen and oxygen atoms in total. The zero-order valence-electron chi connectivity index (χ0n) is 36.4. The first kappa shape index (κ1) is 45.0. The van der Waals surface area contributed by atoms with Gasteiger partial charge >= 0.3 is 6.09 Å². The third kappa shape index (κ3) is 10.5. The monoisotopic (exact) mass is 849 g/mol. The fourth-order valence-electron chi connectivity index (χ4n) is 7.73. The lowest BCUT2D eigenvalue weighted by atomic mass is 10.0. The number of fused-ring (bicyclic) bond motifs is 3. The minimum absolute atomic E-state index is 0.0210. The van der Waals surface area contributed by atoms with E-state index in [1.165, 1.54) is 23.7 Å². The molecule has 2 aromatic carbocycles. The molecule has 0 unspecified atom stereocenters. The number of pyridine rings is 3. The Labute approximate surface area is 359 Å². The molecule has 5 aromatic rings. The molecule has 2 aliphatic heterocycles. The number of aryl methyl sites for hydroxylation is 2. The van der Waals surface area contributed by atoms with Crippen LogP contribution in [-0.4, -0.2) is 107 Å². The summed E-state index contributed by atoms with van der Waals surface area (Å²) in [5, 5.41) is 6.55. The van der Waals surface area contributed by atoms with Crippen molar-refractivity contribution in [1.82, 2.24) is 34.6 Å². The Bertz CT molecular complexity index is 2610. The number of hydrogen-bond acceptors (Lipinski definition) is 11. The minimum Gasteiger partial charge on any atom is -0.486 e. The Morgan fingerprint density at radius 3 is 1.90 bits per heavy atom. The summed E-state index contributed by atoms with van der Waals surface area (Å²) in [6.45, 7) is 13.4. The molecule has 7 rings (SSSR count). The molecule has 0 spiro atoms. The smallest absolute Gasteiger partial charge is 0.410 e. The van der Waals surface area contributed by atoms with Crippen LogP contribution in [0.4, 0.5) is 4.79 Å². The van der Waals surface area contributed by atoms with Crippen molar-refractivity contribution in [2.75, 3.05) is 46.9 Å². The van der Waals surface area contributed by atoms with E-state index >= 15 is 0 Å². The number of carbonyl (C=O) groups is 4. The topological polar surface area (TPSA) is 183 Å². The van der Waals surface area contributed by atoms with E-state index < -0.39 is 5.60 Å². The summed E-state index contributed by atoms with van der Waals surface area (Å²) < 4.78 is 20.2. The molecule has 0 saturated carbocycles. The normalized spacial score (nSPS) is 14.1. The maximum absolute atomic E-state index is 13.4. The van der Waals surface area contributed by atoms with Gasteiger partial charge in [0, 0.05) is 75.3 Å². The van der Waals surface area contributed by atoms with E-state index in [2.05, 4.69) is 20.5 Å². The van der Waals surface area contributed by atoms with E-state index in [0.29, 0.717) is 78.4 Å². The van der Waals surface area contributed by atoms with Crippen LogP contribution in [0.5, 0.6) is 11.5 Å². The molecule has 0 aliphatic carbocycles. The summed E-state index contributed by atoms with van der Waals surface area (Å²) in [6, 6.07) is 15.8. The van der Waals surface area contributed by atoms with Crippen molar-refractivity contribution in [3.8, 4) is 11.5 Å². The molecule has 1 fully saturated rings. The van der Waals surface area contributed by atoms with Crippen molar-refractivity contribution in [2.45, 2.75) is 78.7 Å². The minimum atomic E-state index is -0.627. The fraction of sp³-hybridized carbons (Fsp3) is 0.413. The molecule has 2 N–H and O–H groups in total. The average Bonchev–Trinajstić information content (AvgIpc) is 3.25. The highest BCUT2D eigenvalue weighted by atomic mass is 16.6. The van der Waals surface area contributed by atoms with Crippen LogP contribution in [0.15, 0.2) is 70.4 Å². The molecule has 0 atom stereocenters. The van der Waals surface area contributed by atoms with Gasteiger partial charge in [-0.2, -0.15) is 0 Å². The standard InChI is InChI=1S/C32H41N5O6.C14H14N2O3/c1-21-6-7-24-25(30(39)33-5)18-29(38)36(26(24)16-21)13-12-35-10-8-23(9-11-35)37(31(40)43-32(2,3)4)20-22-17-27-28(19-34-22)42-15-14-41-27;1-9-3-4-10-11(14(19)15-2)8-13(18)16(5-6-17)12(10)7-9/h6-7,16-19,23H,8-15,20H2,1-5H3,(H,33,39);3-4,6-8H,5H2,1-2H3,(H,15,19). The predicted octanol–water partition coefficient (Wildman–Crippen LogP) is 4.61. The van der Waals surface area contributed by atoms with Crippen LogP contribution in [0, 0.1) is 13.8 Å². The summed E-state index contributed by atoms with van der Waals surface area (Å²) in [5.41, 5.74) is 3.56. The number of rotatable bonds is 10. The van der Waals surface area contributed by atoms with Crippen LogP contribution in [0.3, 0.4) is 0 Å². The van der Waals surface area contributed by atoms with Crippen LogP contribution >= 0.6 is 0 Å². The molecular weight excluding hydrogens is 795 g/mol. The Morgan fingerprint density at radius 2 is 1.35 bits per heavy atom. The third-order valence-corrected chi connectivity index (χ3v) is 10.8. The van der Waals surface area contributed by atoms with Gasteiger partial charge in [-0.05, 0) is 70.7 Å². The first-order valence-electron chi connectivity index (χ1n) is 20.7. The molecular formula is C46H55N7O9. The average molecular weight is 850 g/mol. The van der Waals surface area contributed by atoms with Crippen LogP contribution in [0.25, 0.3) is 21.8 Å². The number of aldehydes is 1. The first-order chi connectivity index (χ1) is 29.6. The predicted molar refractivity (Wildman–Crippen MR) is 235 cm³/mol. The molecule has 16 heteroatoms. The van der Waals surface area contributed by atoms with Gasteiger partial charge in [-0.15, -0.1) is 0 Å². The maximum Gasteiger partial charge on any atom is 0.410 e. The molecule has 0 radical (unpaired) electrons. The number of carbonyl (C=O) groups excluding carboxylic acids is 4. The van der Waals surface area contributed by atoms with Crippen LogP contribution < -0.4 is 31.2 Å². The van der Waals surface area contributed by atoms with Gasteiger partial charge in [0.25, 0.3) is 22.9 Å². The largest absolute Gasteiger partial charge is 0.486 e. The zero-order valence-corrected chi connectivity index (χ0v) is 36.4. The van der Waals surface area contributed by atoms with E-state index in [9.17, 15) is 28.8 Å². The molecule has 62 heavy (non-hydrogen) atoms. The number of nitrogens with one attached hydrogen (secondary N) is 2. The van der Waals surface area contributed by atoms with Crippen LogP contribution in [0.1, 0.15) is 71.1 Å². The summed E-state index contributed by atoms with van der Waals surface area (Å²) in [4.78, 5) is 82.1.